The lowest BCUT2D eigenvalue weighted by molar-refractivity contribution is 0.673. The molecule has 5 heterocycles. The molecule has 4 heteroatoms. The molecule has 226 valence electrons. The van der Waals surface area contributed by atoms with Gasteiger partial charge in [0, 0.05) is 49.2 Å². The number of nitrogens with zero attached hydrogens (tertiary/aromatic N) is 2. The highest BCUT2D eigenvalue weighted by Crippen LogP contribution is 2.52. The largest absolute Gasteiger partial charge is 0.455 e. The summed E-state index contributed by atoms with van der Waals surface area (Å²) in [5.74, 6) is 0. The molecule has 2 aliphatic heterocycles. The van der Waals surface area contributed by atoms with Crippen LogP contribution in [0.5, 0.6) is 0 Å². The lowest BCUT2D eigenvalue weighted by Gasteiger charge is -2.34. The van der Waals surface area contributed by atoms with Gasteiger partial charge in [-0.1, -0.05) is 109 Å². The Labute approximate surface area is 285 Å². The summed E-state index contributed by atoms with van der Waals surface area (Å²) in [6.45, 7) is -0.00289. The molecule has 0 atom stereocenters. The van der Waals surface area contributed by atoms with Crippen LogP contribution < -0.4 is 10.9 Å². The minimum atomic E-state index is -0.00289. The molecule has 0 bridgehead atoms. The van der Waals surface area contributed by atoms with Gasteiger partial charge in [0.15, 0.2) is 0 Å². The van der Waals surface area contributed by atoms with Crippen LogP contribution in [0.1, 0.15) is 0 Å². The van der Waals surface area contributed by atoms with E-state index in [9.17, 15) is 0 Å². The first-order chi connectivity index (χ1) is 24.8. The summed E-state index contributed by atoms with van der Waals surface area (Å²) in [5, 5.41) is 10.2. The van der Waals surface area contributed by atoms with E-state index in [1.165, 1.54) is 110 Å². The molecule has 50 heavy (non-hydrogen) atoms. The smallest absolute Gasteiger partial charge is 0.333 e. The maximum atomic E-state index is 6.76. The van der Waals surface area contributed by atoms with E-state index >= 15 is 0 Å². The zero-order chi connectivity index (χ0) is 32.0. The molecular weight excluding hydrogens is 607 g/mol. The Balaban J connectivity index is 1.26. The van der Waals surface area contributed by atoms with Gasteiger partial charge >= 0.3 is 6.85 Å². The van der Waals surface area contributed by atoms with Gasteiger partial charge in [-0.05, 0) is 79.8 Å². The van der Waals surface area contributed by atoms with E-state index in [0.29, 0.717) is 0 Å². The number of hydrogen-bond acceptors (Lipinski definition) is 1. The van der Waals surface area contributed by atoms with Crippen molar-refractivity contribution >= 4 is 94.1 Å². The van der Waals surface area contributed by atoms with E-state index in [4.69, 9.17) is 4.42 Å². The number of benzene rings is 8. The molecule has 3 aromatic heterocycles. The highest BCUT2D eigenvalue weighted by molar-refractivity contribution is 6.90. The van der Waals surface area contributed by atoms with Crippen LogP contribution in [0.25, 0.3) is 115 Å². The van der Waals surface area contributed by atoms with Crippen LogP contribution in [0.15, 0.2) is 144 Å². The van der Waals surface area contributed by atoms with E-state index in [1.807, 2.05) is 0 Å². The third kappa shape index (κ3) is 2.51. The fourth-order valence-corrected chi connectivity index (χ4v) is 10.5. The number of fused-ring (bicyclic) bond motifs is 15. The zero-order valence-electron chi connectivity index (χ0n) is 26.7. The normalized spacial score (nSPS) is 13.6. The molecular formula is C46H23BN2O. The Morgan fingerprint density at radius 1 is 0.460 bits per heavy atom. The first kappa shape index (κ1) is 24.6. The molecule has 0 saturated carbocycles. The van der Waals surface area contributed by atoms with Crippen LogP contribution in [0, 0.1) is 0 Å². The Morgan fingerprint density at radius 3 is 2.06 bits per heavy atom. The maximum Gasteiger partial charge on any atom is 0.333 e. The number of aromatic nitrogens is 2. The van der Waals surface area contributed by atoms with Crippen LogP contribution in [0.4, 0.5) is 0 Å². The van der Waals surface area contributed by atoms with Crippen molar-refractivity contribution < 1.29 is 4.42 Å². The van der Waals surface area contributed by atoms with Crippen LogP contribution in [0.3, 0.4) is 0 Å². The van der Waals surface area contributed by atoms with Crippen LogP contribution >= 0.6 is 0 Å². The van der Waals surface area contributed by atoms with Crippen molar-refractivity contribution in [1.82, 2.24) is 9.05 Å². The van der Waals surface area contributed by atoms with Gasteiger partial charge in [-0.25, -0.2) is 0 Å². The second kappa shape index (κ2) is 8.02. The van der Waals surface area contributed by atoms with Crippen molar-refractivity contribution in [3.05, 3.63) is 140 Å². The lowest BCUT2D eigenvalue weighted by Crippen LogP contribution is -2.55. The summed E-state index contributed by atoms with van der Waals surface area (Å²) in [6, 6.07) is 52.1. The van der Waals surface area contributed by atoms with Gasteiger partial charge in [-0.3, -0.25) is 0 Å². The molecule has 0 fully saturated rings. The van der Waals surface area contributed by atoms with Gasteiger partial charge in [0.05, 0.1) is 16.4 Å². The maximum absolute atomic E-state index is 6.76. The molecule has 0 saturated heterocycles. The standard InChI is InChI=1S/C46H23BN2O/c1-2-12-26-25(11-1)28-15-7-10-24-22-34-45-42(39(24)28)40-29(26)16-8-19-36(40)48(45)37-20-9-17-30-32-23-33-27-13-4-6-21-38(27)50-46(33)41-31-14-3-5-18-35(31)49(44(32)41)47(34)43(30)37/h1-23H. The summed E-state index contributed by atoms with van der Waals surface area (Å²) in [6.07, 6.45) is 0. The van der Waals surface area contributed by atoms with Gasteiger partial charge in [0.2, 0.25) is 0 Å². The summed E-state index contributed by atoms with van der Waals surface area (Å²) in [7, 11) is 0. The molecule has 8 aromatic carbocycles. The topological polar surface area (TPSA) is 23.0 Å². The Hall–Kier alpha value is -6.52. The second-order valence-electron chi connectivity index (χ2n) is 14.3. The number of para-hydroxylation sites is 2. The van der Waals surface area contributed by atoms with Crippen molar-refractivity contribution in [2.45, 2.75) is 0 Å². The Morgan fingerprint density at radius 2 is 1.16 bits per heavy atom. The fraction of sp³-hybridized carbons (Fsp3) is 0. The van der Waals surface area contributed by atoms with Crippen LogP contribution in [0.2, 0.25) is 0 Å². The number of rotatable bonds is 0. The molecule has 3 nitrogen and oxygen atoms in total. The van der Waals surface area contributed by atoms with E-state index in [2.05, 4.69) is 149 Å². The van der Waals surface area contributed by atoms with Crippen LogP contribution in [-0.4, -0.2) is 15.9 Å². The molecule has 0 N–H and O–H groups in total. The van der Waals surface area contributed by atoms with E-state index < -0.39 is 0 Å². The highest BCUT2D eigenvalue weighted by atomic mass is 16.3. The molecule has 14 rings (SSSR count). The predicted molar refractivity (Wildman–Crippen MR) is 209 cm³/mol. The van der Waals surface area contributed by atoms with Gasteiger partial charge in [-0.15, -0.1) is 0 Å². The Kier molecular flexibility index (Phi) is 3.95. The molecule has 1 aliphatic carbocycles. The summed E-state index contributed by atoms with van der Waals surface area (Å²) >= 11 is 0. The third-order valence-corrected chi connectivity index (χ3v) is 12.2. The minimum Gasteiger partial charge on any atom is -0.455 e. The van der Waals surface area contributed by atoms with Crippen molar-refractivity contribution in [1.29, 1.82) is 0 Å². The molecule has 0 unspecified atom stereocenters. The number of hydrogen-bond donors (Lipinski definition) is 0. The van der Waals surface area contributed by atoms with Crippen molar-refractivity contribution in [2.24, 2.45) is 0 Å². The molecule has 0 spiro atoms. The monoisotopic (exact) mass is 630 g/mol. The van der Waals surface area contributed by atoms with E-state index in [1.54, 1.807) is 0 Å². The first-order valence-electron chi connectivity index (χ1n) is 17.5. The molecule has 0 amide bonds. The quantitative estimate of drug-likeness (QED) is 0.153. The lowest BCUT2D eigenvalue weighted by atomic mass is 9.45. The van der Waals surface area contributed by atoms with Gasteiger partial charge in [-0.2, -0.15) is 0 Å². The SMILES string of the molecule is c1ccc2c(c1)-c1cccc3cc4c5c(c13)c1c-2cccc1n5-c1cccc2c1B4n1c3ccccc3c3c4oc5ccccc5c4cc-2c31. The zero-order valence-corrected chi connectivity index (χ0v) is 26.7. The van der Waals surface area contributed by atoms with Gasteiger partial charge in [0.25, 0.3) is 0 Å². The van der Waals surface area contributed by atoms with Crippen molar-refractivity contribution in [2.75, 3.05) is 0 Å². The third-order valence-electron chi connectivity index (χ3n) is 12.2. The van der Waals surface area contributed by atoms with Crippen molar-refractivity contribution in [3.63, 3.8) is 0 Å². The van der Waals surface area contributed by atoms with E-state index in [0.717, 1.165) is 16.6 Å². The van der Waals surface area contributed by atoms with Crippen LogP contribution in [-0.2, 0) is 0 Å². The van der Waals surface area contributed by atoms with Gasteiger partial charge < -0.3 is 13.5 Å². The average molecular weight is 631 g/mol. The summed E-state index contributed by atoms with van der Waals surface area (Å²) in [4.78, 5) is 0. The van der Waals surface area contributed by atoms with Gasteiger partial charge in [0.1, 0.15) is 11.2 Å². The predicted octanol–water partition coefficient (Wildman–Crippen LogP) is 10.5. The fourth-order valence-electron chi connectivity index (χ4n) is 10.5. The summed E-state index contributed by atoms with van der Waals surface area (Å²) in [5.41, 5.74) is 18.8. The summed E-state index contributed by atoms with van der Waals surface area (Å²) < 4.78 is 12.0. The molecule has 3 aliphatic rings. The van der Waals surface area contributed by atoms with Crippen molar-refractivity contribution in [3.8, 4) is 39.1 Å². The first-order valence-corrected chi connectivity index (χ1v) is 17.5. The molecule has 11 aromatic rings. The van der Waals surface area contributed by atoms with E-state index in [-0.39, 0.29) is 6.85 Å². The average Bonchev–Trinajstić information content (AvgIpc) is 3.81. The second-order valence-corrected chi connectivity index (χ2v) is 14.3. The minimum absolute atomic E-state index is 0.00289. The Bertz CT molecular complexity index is 3450. The highest BCUT2D eigenvalue weighted by Gasteiger charge is 2.43. The number of furan rings is 1. The molecule has 0 radical (unpaired) electrons.